The van der Waals surface area contributed by atoms with Crippen molar-refractivity contribution in [2.24, 2.45) is 5.73 Å². The molecule has 0 saturated heterocycles. The van der Waals surface area contributed by atoms with Gasteiger partial charge in [0, 0.05) is 12.2 Å². The average Bonchev–Trinajstić information content (AvgIpc) is 2.31. The lowest BCUT2D eigenvalue weighted by Gasteiger charge is -2.20. The van der Waals surface area contributed by atoms with Crippen molar-refractivity contribution >= 4 is 11.7 Å². The Hall–Kier alpha value is -1.71. The quantitative estimate of drug-likeness (QED) is 0.825. The molecule has 0 saturated carbocycles. The number of hydrogen-bond donors (Lipinski definition) is 1. The van der Waals surface area contributed by atoms with E-state index in [1.54, 1.807) is 4.90 Å². The summed E-state index contributed by atoms with van der Waals surface area (Å²) in [6.07, 6.45) is 1.97. The first kappa shape index (κ1) is 13.4. The molecule has 4 nitrogen and oxygen atoms in total. The third-order valence-electron chi connectivity index (χ3n) is 2.46. The van der Waals surface area contributed by atoms with Gasteiger partial charge in [-0.3, -0.25) is 4.90 Å². The predicted octanol–water partition coefficient (Wildman–Crippen LogP) is 2.77. The van der Waals surface area contributed by atoms with Gasteiger partial charge in [0.05, 0.1) is 6.61 Å². The number of carbonyl (C=O) groups excluding carboxylic acids is 1. The van der Waals surface area contributed by atoms with Gasteiger partial charge < -0.3 is 10.5 Å². The summed E-state index contributed by atoms with van der Waals surface area (Å²) in [6.45, 7) is 5.30. The summed E-state index contributed by atoms with van der Waals surface area (Å²) in [5.41, 5.74) is 6.18. The van der Waals surface area contributed by atoms with Gasteiger partial charge in [-0.2, -0.15) is 0 Å². The molecule has 4 heteroatoms. The maximum absolute atomic E-state index is 11.3. The first-order valence-corrected chi connectivity index (χ1v) is 5.98. The van der Waals surface area contributed by atoms with Crippen LogP contribution in [0.25, 0.3) is 0 Å². The summed E-state index contributed by atoms with van der Waals surface area (Å²) in [5.74, 6) is 0.802. The Kier molecular flexibility index (Phi) is 5.33. The number of anilines is 1. The zero-order valence-electron chi connectivity index (χ0n) is 10.5. The van der Waals surface area contributed by atoms with Crippen LogP contribution >= 0.6 is 0 Å². The number of nitrogens with zero attached hydrogens (tertiary/aromatic N) is 1. The highest BCUT2D eigenvalue weighted by atomic mass is 16.5. The van der Waals surface area contributed by atoms with Gasteiger partial charge in [0.1, 0.15) is 5.75 Å². The molecule has 2 amide bonds. The van der Waals surface area contributed by atoms with E-state index < -0.39 is 6.03 Å². The number of ether oxygens (including phenoxy) is 1. The van der Waals surface area contributed by atoms with Crippen LogP contribution in [0, 0.1) is 0 Å². The van der Waals surface area contributed by atoms with Crippen molar-refractivity contribution in [3.63, 3.8) is 0 Å². The fraction of sp³-hybridized carbons (Fsp3) is 0.462. The Balaban J connectivity index is 2.76. The normalized spacial score (nSPS) is 10.0. The topological polar surface area (TPSA) is 55.6 Å². The van der Waals surface area contributed by atoms with Crippen molar-refractivity contribution in [2.45, 2.75) is 26.7 Å². The van der Waals surface area contributed by atoms with E-state index in [4.69, 9.17) is 10.5 Å². The Labute approximate surface area is 102 Å². The first-order chi connectivity index (χ1) is 8.19. The Bertz CT molecular complexity index is 349. The van der Waals surface area contributed by atoms with Crippen LogP contribution in [-0.4, -0.2) is 19.2 Å². The highest BCUT2D eigenvalue weighted by Crippen LogP contribution is 2.19. The average molecular weight is 236 g/mol. The second kappa shape index (κ2) is 6.78. The molecule has 2 N–H and O–H groups in total. The summed E-state index contributed by atoms with van der Waals surface area (Å²) in [4.78, 5) is 12.9. The van der Waals surface area contributed by atoms with Crippen LogP contribution in [0.5, 0.6) is 5.75 Å². The molecular formula is C13H20N2O2. The van der Waals surface area contributed by atoms with Crippen molar-refractivity contribution in [3.05, 3.63) is 24.3 Å². The molecule has 1 aromatic carbocycles. The number of nitrogens with two attached hydrogens (primary N) is 1. The summed E-state index contributed by atoms with van der Waals surface area (Å²) < 4.78 is 5.35. The highest BCUT2D eigenvalue weighted by Gasteiger charge is 2.11. The fourth-order valence-corrected chi connectivity index (χ4v) is 1.57. The minimum atomic E-state index is -0.414. The van der Waals surface area contributed by atoms with Crippen molar-refractivity contribution in [3.8, 4) is 5.75 Å². The Morgan fingerprint density at radius 3 is 2.41 bits per heavy atom. The van der Waals surface area contributed by atoms with Crippen LogP contribution in [-0.2, 0) is 0 Å². The Morgan fingerprint density at radius 1 is 1.29 bits per heavy atom. The van der Waals surface area contributed by atoms with E-state index in [1.165, 1.54) is 0 Å². The van der Waals surface area contributed by atoms with Gasteiger partial charge in [-0.1, -0.05) is 13.3 Å². The van der Waals surface area contributed by atoms with Gasteiger partial charge in [-0.25, -0.2) is 4.79 Å². The van der Waals surface area contributed by atoms with Crippen LogP contribution in [0.15, 0.2) is 24.3 Å². The predicted molar refractivity (Wildman–Crippen MR) is 69.4 cm³/mol. The van der Waals surface area contributed by atoms with E-state index in [1.807, 2.05) is 31.2 Å². The minimum absolute atomic E-state index is 0.414. The molecular weight excluding hydrogens is 216 g/mol. The zero-order chi connectivity index (χ0) is 12.7. The molecule has 0 aliphatic rings. The van der Waals surface area contributed by atoms with Crippen LogP contribution in [0.4, 0.5) is 10.5 Å². The van der Waals surface area contributed by atoms with Gasteiger partial charge in [0.25, 0.3) is 0 Å². The largest absolute Gasteiger partial charge is 0.494 e. The number of benzene rings is 1. The van der Waals surface area contributed by atoms with Gasteiger partial charge in [-0.15, -0.1) is 0 Å². The molecule has 0 radical (unpaired) electrons. The number of primary amides is 1. The van der Waals surface area contributed by atoms with Gasteiger partial charge in [-0.05, 0) is 37.6 Å². The molecule has 1 aromatic rings. The lowest BCUT2D eigenvalue weighted by Crippen LogP contribution is -2.36. The lowest BCUT2D eigenvalue weighted by atomic mass is 10.2. The SMILES string of the molecule is CCCCN(C(N)=O)c1ccc(OCC)cc1. The van der Waals surface area contributed by atoms with Gasteiger partial charge in [0.2, 0.25) is 0 Å². The van der Waals surface area contributed by atoms with E-state index in [2.05, 4.69) is 6.92 Å². The summed E-state index contributed by atoms with van der Waals surface area (Å²) >= 11 is 0. The van der Waals surface area contributed by atoms with Crippen molar-refractivity contribution in [1.82, 2.24) is 0 Å². The Morgan fingerprint density at radius 2 is 1.94 bits per heavy atom. The summed E-state index contributed by atoms with van der Waals surface area (Å²) in [6, 6.07) is 6.99. The standard InChI is InChI=1S/C13H20N2O2/c1-3-5-10-15(13(14)16)11-6-8-12(9-7-11)17-4-2/h6-9H,3-5,10H2,1-2H3,(H2,14,16). The molecule has 94 valence electrons. The molecule has 17 heavy (non-hydrogen) atoms. The van der Waals surface area contributed by atoms with E-state index in [0.717, 1.165) is 24.3 Å². The van der Waals surface area contributed by atoms with Crippen molar-refractivity contribution < 1.29 is 9.53 Å². The third kappa shape index (κ3) is 3.98. The number of urea groups is 1. The van der Waals surface area contributed by atoms with Crippen molar-refractivity contribution in [2.75, 3.05) is 18.1 Å². The maximum Gasteiger partial charge on any atom is 0.319 e. The summed E-state index contributed by atoms with van der Waals surface area (Å²) in [7, 11) is 0. The molecule has 0 bridgehead atoms. The molecule has 0 unspecified atom stereocenters. The van der Waals surface area contributed by atoms with E-state index >= 15 is 0 Å². The second-order valence-electron chi connectivity index (χ2n) is 3.77. The van der Waals surface area contributed by atoms with E-state index in [-0.39, 0.29) is 0 Å². The molecule has 0 spiro atoms. The number of amides is 2. The van der Waals surface area contributed by atoms with Crippen molar-refractivity contribution in [1.29, 1.82) is 0 Å². The van der Waals surface area contributed by atoms with E-state index in [9.17, 15) is 4.79 Å². The van der Waals surface area contributed by atoms with Gasteiger partial charge >= 0.3 is 6.03 Å². The summed E-state index contributed by atoms with van der Waals surface area (Å²) in [5, 5.41) is 0. The number of carbonyl (C=O) groups is 1. The molecule has 0 aliphatic carbocycles. The van der Waals surface area contributed by atoms with Crippen LogP contribution in [0.2, 0.25) is 0 Å². The molecule has 0 heterocycles. The number of hydrogen-bond acceptors (Lipinski definition) is 2. The monoisotopic (exact) mass is 236 g/mol. The van der Waals surface area contributed by atoms with Gasteiger partial charge in [0.15, 0.2) is 0 Å². The number of unbranched alkanes of at least 4 members (excludes halogenated alkanes) is 1. The fourth-order valence-electron chi connectivity index (χ4n) is 1.57. The zero-order valence-corrected chi connectivity index (χ0v) is 10.5. The molecule has 0 atom stereocenters. The molecule has 0 fully saturated rings. The van der Waals surface area contributed by atoms with Crippen LogP contribution in [0.3, 0.4) is 0 Å². The third-order valence-corrected chi connectivity index (χ3v) is 2.46. The van der Waals surface area contributed by atoms with E-state index in [0.29, 0.717) is 13.2 Å². The first-order valence-electron chi connectivity index (χ1n) is 5.98. The molecule has 0 aliphatic heterocycles. The molecule has 0 aromatic heterocycles. The smallest absolute Gasteiger partial charge is 0.319 e. The van der Waals surface area contributed by atoms with Crippen LogP contribution < -0.4 is 15.4 Å². The number of rotatable bonds is 6. The van der Waals surface area contributed by atoms with Crippen LogP contribution in [0.1, 0.15) is 26.7 Å². The second-order valence-corrected chi connectivity index (χ2v) is 3.77. The lowest BCUT2D eigenvalue weighted by molar-refractivity contribution is 0.254. The maximum atomic E-state index is 11.3. The minimum Gasteiger partial charge on any atom is -0.494 e. The highest BCUT2D eigenvalue weighted by molar-refractivity contribution is 5.90. The molecule has 1 rings (SSSR count).